The average Bonchev–Trinajstić information content (AvgIpc) is 2.79. The van der Waals surface area contributed by atoms with Gasteiger partial charge in [-0.2, -0.15) is 4.57 Å². The van der Waals surface area contributed by atoms with Crippen molar-refractivity contribution in [2.75, 3.05) is 7.11 Å². The predicted molar refractivity (Wildman–Crippen MR) is 66.8 cm³/mol. The van der Waals surface area contributed by atoms with Crippen LogP contribution in [-0.2, 0) is 7.05 Å². The molecule has 0 aliphatic carbocycles. The molecule has 0 aliphatic rings. The van der Waals surface area contributed by atoms with Crippen LogP contribution in [0.25, 0.3) is 22.1 Å². The van der Waals surface area contributed by atoms with Crippen molar-refractivity contribution < 1.29 is 18.5 Å². The van der Waals surface area contributed by atoms with Gasteiger partial charge in [0, 0.05) is 17.0 Å². The van der Waals surface area contributed by atoms with Crippen LogP contribution in [-0.4, -0.2) is 13.4 Å². The second-order valence-electron chi connectivity index (χ2n) is 4.12. The van der Waals surface area contributed by atoms with E-state index < -0.39 is 0 Å². The highest BCUT2D eigenvalue weighted by Gasteiger charge is 2.19. The maximum Gasteiger partial charge on any atom is 0.381 e. The summed E-state index contributed by atoms with van der Waals surface area (Å²) in [6.07, 6.45) is 2.74. The fourth-order valence-corrected chi connectivity index (χ4v) is 2.23. The van der Waals surface area contributed by atoms with Gasteiger partial charge in [-0.05, 0) is 18.2 Å². The number of benzene rings is 1. The van der Waals surface area contributed by atoms with Gasteiger partial charge >= 0.3 is 5.71 Å². The molecule has 0 aliphatic heterocycles. The number of aryl methyl sites for hydroxylation is 1. The number of aldehydes is 1. The molecule has 0 saturated heterocycles. The number of carbonyl (C=O) groups is 1. The van der Waals surface area contributed by atoms with E-state index in [4.69, 9.17) is 9.15 Å². The summed E-state index contributed by atoms with van der Waals surface area (Å²) in [6, 6.07) is 7.35. The molecular weight excluding hydrogens is 230 g/mol. The van der Waals surface area contributed by atoms with E-state index in [1.165, 1.54) is 0 Å². The van der Waals surface area contributed by atoms with Gasteiger partial charge in [-0.1, -0.05) is 0 Å². The number of furan rings is 1. The van der Waals surface area contributed by atoms with Crippen LogP contribution in [0.5, 0.6) is 5.75 Å². The Balaban J connectivity index is 2.59. The Hall–Kier alpha value is -2.36. The zero-order valence-corrected chi connectivity index (χ0v) is 10.1. The van der Waals surface area contributed by atoms with Crippen molar-refractivity contribution in [3.63, 3.8) is 0 Å². The van der Waals surface area contributed by atoms with E-state index in [0.29, 0.717) is 16.9 Å². The number of aromatic nitrogens is 1. The molecule has 90 valence electrons. The van der Waals surface area contributed by atoms with Crippen molar-refractivity contribution in [1.82, 2.24) is 0 Å². The Bertz CT molecular complexity index is 758. The Morgan fingerprint density at radius 2 is 2.17 bits per heavy atom. The molecular formula is C14H12NO3+. The fourth-order valence-electron chi connectivity index (χ4n) is 2.23. The maximum atomic E-state index is 11.2. The number of pyridine rings is 1. The fraction of sp³-hybridized carbons (Fsp3) is 0.143. The van der Waals surface area contributed by atoms with E-state index in [1.54, 1.807) is 19.2 Å². The van der Waals surface area contributed by atoms with Crippen molar-refractivity contribution in [2.45, 2.75) is 0 Å². The molecule has 0 N–H and O–H groups in total. The van der Waals surface area contributed by atoms with Crippen LogP contribution in [0.3, 0.4) is 0 Å². The lowest BCUT2D eigenvalue weighted by atomic mass is 10.1. The molecule has 0 saturated carbocycles. The zero-order chi connectivity index (χ0) is 12.7. The van der Waals surface area contributed by atoms with Gasteiger partial charge in [0.25, 0.3) is 0 Å². The van der Waals surface area contributed by atoms with Crippen LogP contribution >= 0.6 is 0 Å². The van der Waals surface area contributed by atoms with E-state index in [2.05, 4.69) is 0 Å². The van der Waals surface area contributed by atoms with Gasteiger partial charge in [0.05, 0.1) is 12.5 Å². The largest absolute Gasteiger partial charge is 0.493 e. The lowest BCUT2D eigenvalue weighted by Gasteiger charge is -2.00. The first-order valence-electron chi connectivity index (χ1n) is 5.59. The van der Waals surface area contributed by atoms with Crippen LogP contribution in [0.2, 0.25) is 0 Å². The molecule has 0 atom stereocenters. The molecule has 0 bridgehead atoms. The smallest absolute Gasteiger partial charge is 0.381 e. The number of rotatable bonds is 2. The lowest BCUT2D eigenvalue weighted by molar-refractivity contribution is -0.651. The Kier molecular flexibility index (Phi) is 2.30. The third-order valence-electron chi connectivity index (χ3n) is 3.09. The van der Waals surface area contributed by atoms with E-state index >= 15 is 0 Å². The molecule has 18 heavy (non-hydrogen) atoms. The quantitative estimate of drug-likeness (QED) is 0.511. The summed E-state index contributed by atoms with van der Waals surface area (Å²) in [5.41, 5.74) is 1.94. The van der Waals surface area contributed by atoms with E-state index in [1.807, 2.05) is 29.9 Å². The normalized spacial score (nSPS) is 11.0. The zero-order valence-electron chi connectivity index (χ0n) is 10.1. The topological polar surface area (TPSA) is 43.3 Å². The van der Waals surface area contributed by atoms with Crippen molar-refractivity contribution in [2.24, 2.45) is 7.05 Å². The van der Waals surface area contributed by atoms with Crippen LogP contribution in [0.1, 0.15) is 10.4 Å². The summed E-state index contributed by atoms with van der Waals surface area (Å²) >= 11 is 0. The van der Waals surface area contributed by atoms with E-state index in [0.717, 1.165) is 22.8 Å². The molecule has 3 aromatic rings. The number of carbonyl (C=O) groups excluding carboxylic acids is 1. The number of methoxy groups -OCH3 is 1. The van der Waals surface area contributed by atoms with Gasteiger partial charge in [0.15, 0.2) is 23.8 Å². The van der Waals surface area contributed by atoms with Crippen LogP contribution in [0.15, 0.2) is 34.9 Å². The molecule has 0 fully saturated rings. The number of hydrogen-bond acceptors (Lipinski definition) is 3. The summed E-state index contributed by atoms with van der Waals surface area (Å²) < 4.78 is 13.0. The minimum Gasteiger partial charge on any atom is -0.493 e. The first kappa shape index (κ1) is 10.8. The average molecular weight is 242 g/mol. The van der Waals surface area contributed by atoms with Gasteiger partial charge < -0.3 is 9.15 Å². The monoisotopic (exact) mass is 242 g/mol. The molecule has 0 amide bonds. The molecule has 2 heterocycles. The molecule has 3 rings (SSSR count). The minimum atomic E-state index is 0.607. The standard InChI is InChI=1S/C14H12NO3/c1-15-7-3-4-10-12-9(8-16)5-6-11(17-2)13(12)18-14(10)15/h3-8H,1-2H3/q+1. The minimum absolute atomic E-state index is 0.607. The summed E-state index contributed by atoms with van der Waals surface area (Å²) in [5.74, 6) is 0.631. The Morgan fingerprint density at radius 1 is 1.33 bits per heavy atom. The molecule has 2 aromatic heterocycles. The highest BCUT2D eigenvalue weighted by Crippen LogP contribution is 2.34. The SMILES string of the molecule is COc1ccc(C=O)c2c1oc1c2ccc[n+]1C. The summed E-state index contributed by atoms with van der Waals surface area (Å²) in [7, 11) is 3.49. The molecule has 0 radical (unpaired) electrons. The van der Waals surface area contributed by atoms with E-state index in [-0.39, 0.29) is 0 Å². The van der Waals surface area contributed by atoms with Crippen molar-refractivity contribution >= 4 is 28.4 Å². The third-order valence-corrected chi connectivity index (χ3v) is 3.09. The first-order chi connectivity index (χ1) is 8.76. The summed E-state index contributed by atoms with van der Waals surface area (Å²) in [6.45, 7) is 0. The van der Waals surface area contributed by atoms with E-state index in [9.17, 15) is 4.79 Å². The first-order valence-corrected chi connectivity index (χ1v) is 5.59. The van der Waals surface area contributed by atoms with Gasteiger partial charge in [-0.15, -0.1) is 0 Å². The van der Waals surface area contributed by atoms with Crippen LogP contribution in [0, 0.1) is 0 Å². The Labute approximate surface area is 103 Å². The van der Waals surface area contributed by atoms with Crippen molar-refractivity contribution in [1.29, 1.82) is 0 Å². The lowest BCUT2D eigenvalue weighted by Crippen LogP contribution is -2.27. The van der Waals surface area contributed by atoms with Gasteiger partial charge in [-0.3, -0.25) is 4.79 Å². The molecule has 0 spiro atoms. The van der Waals surface area contributed by atoms with Crippen LogP contribution in [0.4, 0.5) is 0 Å². The number of hydrogen-bond donors (Lipinski definition) is 0. The maximum absolute atomic E-state index is 11.2. The second-order valence-corrected chi connectivity index (χ2v) is 4.12. The third kappa shape index (κ3) is 1.32. The van der Waals surface area contributed by atoms with Gasteiger partial charge in [0.2, 0.25) is 0 Å². The second kappa shape index (κ2) is 3.84. The van der Waals surface area contributed by atoms with Crippen molar-refractivity contribution in [3.05, 3.63) is 36.0 Å². The number of nitrogens with zero attached hydrogens (tertiary/aromatic N) is 1. The Morgan fingerprint density at radius 3 is 2.89 bits per heavy atom. The molecule has 4 heteroatoms. The molecule has 4 nitrogen and oxygen atoms in total. The number of fused-ring (bicyclic) bond motifs is 3. The summed E-state index contributed by atoms with van der Waals surface area (Å²) in [5, 5.41) is 1.71. The molecule has 1 aromatic carbocycles. The predicted octanol–water partition coefficient (Wildman–Crippen LogP) is 2.23. The number of ether oxygens (including phenoxy) is 1. The van der Waals surface area contributed by atoms with Gasteiger partial charge in [0.1, 0.15) is 7.05 Å². The summed E-state index contributed by atoms with van der Waals surface area (Å²) in [4.78, 5) is 11.2. The van der Waals surface area contributed by atoms with Crippen LogP contribution < -0.4 is 9.30 Å². The molecule has 0 unspecified atom stereocenters. The van der Waals surface area contributed by atoms with Gasteiger partial charge in [-0.25, -0.2) is 0 Å². The van der Waals surface area contributed by atoms with Crippen molar-refractivity contribution in [3.8, 4) is 5.75 Å². The highest BCUT2D eigenvalue weighted by atomic mass is 16.5. The highest BCUT2D eigenvalue weighted by molar-refractivity contribution is 6.12.